The molecule has 0 aromatic carbocycles. The lowest BCUT2D eigenvalue weighted by Crippen LogP contribution is -2.08. The molecule has 0 amide bonds. The Morgan fingerprint density at radius 2 is 2.40 bits per heavy atom. The fraction of sp³-hybridized carbons (Fsp3) is 0.143. The molecule has 0 bridgehead atoms. The molecule has 1 heterocycles. The summed E-state index contributed by atoms with van der Waals surface area (Å²) in [5.41, 5.74) is 1.08. The van der Waals surface area contributed by atoms with Crippen molar-refractivity contribution in [3.05, 3.63) is 24.3 Å². The minimum absolute atomic E-state index is 0.363. The van der Waals surface area contributed by atoms with Crippen LogP contribution in [0.1, 0.15) is 0 Å². The van der Waals surface area contributed by atoms with E-state index in [-0.39, 0.29) is 0 Å². The van der Waals surface area contributed by atoms with Gasteiger partial charge in [0.1, 0.15) is 11.6 Å². The monoisotopic (exact) mass is 130 g/mol. The van der Waals surface area contributed by atoms with Crippen molar-refractivity contribution in [3.63, 3.8) is 0 Å². The fourth-order valence-electron chi connectivity index (χ4n) is 1.14. The van der Waals surface area contributed by atoms with Crippen LogP contribution in [0.4, 0.5) is 0 Å². The maximum Gasteiger partial charge on any atom is 0.547 e. The zero-order valence-corrected chi connectivity index (χ0v) is 5.57. The maximum absolute atomic E-state index is 4.16. The number of fused-ring (bicyclic) bond motifs is 1. The lowest BCUT2D eigenvalue weighted by molar-refractivity contribution is -0.369. The smallest absolute Gasteiger partial charge is 0.178 e. The van der Waals surface area contributed by atoms with E-state index >= 15 is 0 Å². The summed E-state index contributed by atoms with van der Waals surface area (Å²) in [6.07, 6.45) is 10.1. The molecule has 47 valence electrons. The van der Waals surface area contributed by atoms with Gasteiger partial charge in [-0.1, -0.05) is 18.2 Å². The van der Waals surface area contributed by atoms with Gasteiger partial charge in [-0.2, -0.15) is 4.60 Å². The lowest BCUT2D eigenvalue weighted by Gasteiger charge is -1.98. The number of hydrogen-bond acceptors (Lipinski definition) is 1. The third-order valence-electron chi connectivity index (χ3n) is 1.61. The Balaban J connectivity index is 2.40. The third-order valence-corrected chi connectivity index (χ3v) is 1.61. The van der Waals surface area contributed by atoms with E-state index in [0.717, 1.165) is 5.71 Å². The normalized spacial score (nSPS) is 27.8. The van der Waals surface area contributed by atoms with Gasteiger partial charge in [0, 0.05) is 0 Å². The first-order chi connectivity index (χ1) is 4.86. The molecule has 1 aliphatic carbocycles. The molecule has 10 heavy (non-hydrogen) atoms. The van der Waals surface area contributed by atoms with E-state index in [0.29, 0.717) is 5.92 Å². The van der Waals surface area contributed by atoms with Crippen LogP contribution in [0.5, 0.6) is 0 Å². The van der Waals surface area contributed by atoms with Gasteiger partial charge in [0.15, 0.2) is 6.21 Å². The van der Waals surface area contributed by atoms with Crippen LogP contribution in [-0.4, -0.2) is 24.5 Å². The Hall–Kier alpha value is -1.12. The summed E-state index contributed by atoms with van der Waals surface area (Å²) in [4.78, 5) is 0. The molecular weight excluding hydrogens is 123 g/mol. The molecule has 0 aromatic rings. The topological polar surface area (TPSA) is 15.4 Å². The van der Waals surface area contributed by atoms with Crippen molar-refractivity contribution in [2.45, 2.75) is 0 Å². The van der Waals surface area contributed by atoms with Gasteiger partial charge in [0.25, 0.3) is 0 Å². The summed E-state index contributed by atoms with van der Waals surface area (Å²) >= 11 is 0. The predicted molar refractivity (Wildman–Crippen MR) is 42.7 cm³/mol. The molecule has 0 saturated carbocycles. The van der Waals surface area contributed by atoms with E-state index in [4.69, 9.17) is 0 Å². The van der Waals surface area contributed by atoms with Gasteiger partial charge in [0.2, 0.25) is 0 Å². The summed E-state index contributed by atoms with van der Waals surface area (Å²) in [5.74, 6) is 0.363. The molecule has 2 rings (SSSR count). The van der Waals surface area contributed by atoms with Gasteiger partial charge >= 0.3 is 7.98 Å². The second kappa shape index (κ2) is 1.94. The van der Waals surface area contributed by atoms with Crippen LogP contribution in [-0.2, 0) is 0 Å². The largest absolute Gasteiger partial charge is 0.547 e. The van der Waals surface area contributed by atoms with E-state index in [1.54, 1.807) is 4.60 Å². The number of nitrogens with zero attached hydrogens (tertiary/aromatic N) is 2. The highest BCUT2D eigenvalue weighted by Crippen LogP contribution is 2.10. The number of hydrazone groups is 1. The summed E-state index contributed by atoms with van der Waals surface area (Å²) in [6, 6.07) is 0. The standard InChI is InChI=1S/C7H7BN2/c8-10-5-6-3-1-2-4-7(6)9-10/h1-6,8H/q+1. The minimum Gasteiger partial charge on any atom is -0.178 e. The molecule has 1 radical (unpaired) electrons. The first-order valence-electron chi connectivity index (χ1n) is 3.24. The molecule has 1 unspecified atom stereocenters. The highest BCUT2D eigenvalue weighted by atomic mass is 15.3. The zero-order valence-electron chi connectivity index (χ0n) is 5.57. The second-order valence-electron chi connectivity index (χ2n) is 2.38. The Morgan fingerprint density at radius 3 is 3.20 bits per heavy atom. The van der Waals surface area contributed by atoms with Gasteiger partial charge in [0.05, 0.1) is 0 Å². The van der Waals surface area contributed by atoms with Crippen LogP contribution < -0.4 is 0 Å². The van der Waals surface area contributed by atoms with Gasteiger partial charge < -0.3 is 0 Å². The van der Waals surface area contributed by atoms with E-state index in [9.17, 15) is 0 Å². The van der Waals surface area contributed by atoms with Crippen molar-refractivity contribution in [1.29, 1.82) is 0 Å². The van der Waals surface area contributed by atoms with E-state index < -0.39 is 0 Å². The number of rotatable bonds is 0. The molecule has 2 nitrogen and oxygen atoms in total. The molecule has 0 N–H and O–H groups in total. The lowest BCUT2D eigenvalue weighted by atomic mass is 10.0. The summed E-state index contributed by atoms with van der Waals surface area (Å²) in [7, 11) is 3.68. The molecular formula is C7H7BN2+. The molecule has 2 aliphatic rings. The van der Waals surface area contributed by atoms with Gasteiger partial charge in [-0.3, -0.25) is 0 Å². The van der Waals surface area contributed by atoms with Crippen LogP contribution >= 0.6 is 0 Å². The molecule has 1 atom stereocenters. The van der Waals surface area contributed by atoms with Crippen molar-refractivity contribution < 1.29 is 4.60 Å². The van der Waals surface area contributed by atoms with Crippen LogP contribution in [0.25, 0.3) is 0 Å². The highest BCUT2D eigenvalue weighted by molar-refractivity contribution is 6.11. The molecule has 0 saturated heterocycles. The summed E-state index contributed by atoms with van der Waals surface area (Å²) in [6.45, 7) is 0. The highest BCUT2D eigenvalue weighted by Gasteiger charge is 2.21. The summed E-state index contributed by atoms with van der Waals surface area (Å²) in [5, 5.41) is 4.16. The second-order valence-corrected chi connectivity index (χ2v) is 2.38. The average Bonchev–Trinajstić information content (AvgIpc) is 2.27. The first kappa shape index (κ1) is 5.65. The zero-order chi connectivity index (χ0) is 6.97. The minimum atomic E-state index is 0.363. The van der Waals surface area contributed by atoms with E-state index in [1.165, 1.54) is 0 Å². The SMILES string of the molecule is [BH][N+]1=CC2C=CC=CC2=N1. The average molecular weight is 130 g/mol. The quantitative estimate of drug-likeness (QED) is 0.410. The molecule has 0 aromatic heterocycles. The van der Waals surface area contributed by atoms with Crippen molar-refractivity contribution in [2.24, 2.45) is 11.0 Å². The predicted octanol–water partition coefficient (Wildman–Crippen LogP) is -0.00270. The van der Waals surface area contributed by atoms with Crippen LogP contribution in [0.3, 0.4) is 0 Å². The number of allylic oxidation sites excluding steroid dienone is 4. The number of hydrogen-bond donors (Lipinski definition) is 0. The van der Waals surface area contributed by atoms with Gasteiger partial charge in [-0.25, -0.2) is 0 Å². The first-order valence-corrected chi connectivity index (χ1v) is 3.24. The Kier molecular flexibility index (Phi) is 1.10. The molecule has 0 fully saturated rings. The van der Waals surface area contributed by atoms with Crippen LogP contribution in [0.2, 0.25) is 0 Å². The summed E-state index contributed by atoms with van der Waals surface area (Å²) < 4.78 is 1.61. The maximum atomic E-state index is 4.16. The molecule has 1 aliphatic heterocycles. The molecule has 0 spiro atoms. The fourth-order valence-corrected chi connectivity index (χ4v) is 1.14. The third kappa shape index (κ3) is 0.745. The molecule has 3 heteroatoms. The van der Waals surface area contributed by atoms with Gasteiger partial charge in [-0.15, -0.1) is 0 Å². The Bertz CT molecular complexity index is 273. The van der Waals surface area contributed by atoms with E-state index in [1.807, 2.05) is 24.4 Å². The van der Waals surface area contributed by atoms with Crippen molar-refractivity contribution in [2.75, 3.05) is 0 Å². The van der Waals surface area contributed by atoms with Crippen molar-refractivity contribution in [3.8, 4) is 0 Å². The Labute approximate surface area is 60.7 Å². The van der Waals surface area contributed by atoms with E-state index in [2.05, 4.69) is 19.2 Å². The Morgan fingerprint density at radius 1 is 1.50 bits per heavy atom. The van der Waals surface area contributed by atoms with Crippen LogP contribution in [0.15, 0.2) is 29.4 Å². The van der Waals surface area contributed by atoms with Crippen LogP contribution in [0, 0.1) is 5.92 Å². The van der Waals surface area contributed by atoms with Crippen molar-refractivity contribution >= 4 is 19.9 Å². The van der Waals surface area contributed by atoms with Crippen molar-refractivity contribution in [1.82, 2.24) is 0 Å². The van der Waals surface area contributed by atoms with Gasteiger partial charge in [-0.05, 0) is 11.2 Å².